The van der Waals surface area contributed by atoms with Crippen LogP contribution in [0.25, 0.3) is 11.4 Å². The summed E-state index contributed by atoms with van der Waals surface area (Å²) in [7, 11) is 0. The summed E-state index contributed by atoms with van der Waals surface area (Å²) in [4.78, 5) is 31.4. The lowest BCUT2D eigenvalue weighted by molar-refractivity contribution is 0.0622. The van der Waals surface area contributed by atoms with Gasteiger partial charge in [-0.2, -0.15) is 0 Å². The number of rotatable bonds is 2. The highest BCUT2D eigenvalue weighted by Crippen LogP contribution is 2.44. The summed E-state index contributed by atoms with van der Waals surface area (Å²) in [6.07, 6.45) is 9.34. The fraction of sp³-hybridized carbons (Fsp3) is 0.333. The first-order chi connectivity index (χ1) is 13.3. The molecule has 1 N–H and O–H groups in total. The van der Waals surface area contributed by atoms with Gasteiger partial charge in [-0.25, -0.2) is 15.0 Å². The lowest BCUT2D eigenvalue weighted by Gasteiger charge is -2.40. The minimum Gasteiger partial charge on any atom is -0.341 e. The molecule has 1 amide bonds. The largest absolute Gasteiger partial charge is 0.341 e. The highest BCUT2D eigenvalue weighted by Gasteiger charge is 2.45. The van der Waals surface area contributed by atoms with Crippen molar-refractivity contribution in [2.75, 3.05) is 13.1 Å². The van der Waals surface area contributed by atoms with E-state index in [1.54, 1.807) is 12.4 Å². The number of aromatic amines is 1. The number of amides is 1. The van der Waals surface area contributed by atoms with Gasteiger partial charge in [0.25, 0.3) is 5.91 Å². The number of imidazole rings is 1. The van der Waals surface area contributed by atoms with Gasteiger partial charge in [-0.15, -0.1) is 0 Å². The molecule has 1 aliphatic carbocycles. The summed E-state index contributed by atoms with van der Waals surface area (Å²) in [5, 5.41) is 0. The fourth-order valence-corrected chi connectivity index (χ4v) is 4.50. The average Bonchev–Trinajstić information content (AvgIpc) is 3.37. The van der Waals surface area contributed by atoms with E-state index in [0.717, 1.165) is 49.3 Å². The Morgan fingerprint density at radius 2 is 2.04 bits per heavy atom. The maximum absolute atomic E-state index is 12.8. The van der Waals surface area contributed by atoms with Crippen LogP contribution in [-0.2, 0) is 11.8 Å². The minimum absolute atomic E-state index is 0.0233. The molecule has 6 nitrogen and oxygen atoms in total. The summed E-state index contributed by atoms with van der Waals surface area (Å²) in [6.45, 7) is 1.47. The van der Waals surface area contributed by atoms with Crippen LogP contribution in [0, 0.1) is 0 Å². The first kappa shape index (κ1) is 16.2. The van der Waals surface area contributed by atoms with Crippen LogP contribution in [0.15, 0.2) is 48.9 Å². The Labute approximate surface area is 157 Å². The maximum Gasteiger partial charge on any atom is 0.289 e. The molecule has 1 unspecified atom stereocenters. The number of piperidine rings is 1. The molecular formula is C21H21N5O. The van der Waals surface area contributed by atoms with E-state index in [1.807, 2.05) is 41.4 Å². The molecule has 1 aliphatic heterocycles. The lowest BCUT2D eigenvalue weighted by Crippen LogP contribution is -2.48. The Balaban J connectivity index is 1.49. The smallest absolute Gasteiger partial charge is 0.289 e. The Kier molecular flexibility index (Phi) is 3.77. The number of nitrogens with one attached hydrogen (secondary N) is 1. The van der Waals surface area contributed by atoms with E-state index in [0.29, 0.717) is 12.4 Å². The molecule has 5 rings (SSSR count). The molecule has 0 radical (unpaired) electrons. The van der Waals surface area contributed by atoms with Gasteiger partial charge in [0.2, 0.25) is 0 Å². The van der Waals surface area contributed by atoms with E-state index < -0.39 is 0 Å². The van der Waals surface area contributed by atoms with Crippen LogP contribution in [0.2, 0.25) is 0 Å². The number of aromatic nitrogens is 4. The molecule has 3 heterocycles. The van der Waals surface area contributed by atoms with Crippen molar-refractivity contribution in [2.24, 2.45) is 0 Å². The van der Waals surface area contributed by atoms with Gasteiger partial charge in [-0.3, -0.25) is 4.79 Å². The van der Waals surface area contributed by atoms with E-state index in [1.165, 1.54) is 5.56 Å². The molecule has 27 heavy (non-hydrogen) atoms. The average molecular weight is 359 g/mol. The molecule has 2 aliphatic rings. The predicted molar refractivity (Wildman–Crippen MR) is 101 cm³/mol. The maximum atomic E-state index is 12.8. The van der Waals surface area contributed by atoms with Gasteiger partial charge in [0, 0.05) is 42.7 Å². The fourth-order valence-electron chi connectivity index (χ4n) is 4.50. The van der Waals surface area contributed by atoms with Crippen molar-refractivity contribution < 1.29 is 4.79 Å². The normalized spacial score (nSPS) is 21.4. The van der Waals surface area contributed by atoms with Gasteiger partial charge in [0.15, 0.2) is 11.6 Å². The lowest BCUT2D eigenvalue weighted by atomic mass is 9.77. The molecule has 1 spiro atoms. The molecular weight excluding hydrogens is 338 g/mol. The molecule has 6 heteroatoms. The summed E-state index contributed by atoms with van der Waals surface area (Å²) in [6, 6.07) is 10.1. The predicted octanol–water partition coefficient (Wildman–Crippen LogP) is 2.99. The number of H-pyrrole nitrogens is 1. The summed E-state index contributed by atoms with van der Waals surface area (Å²) in [5.74, 6) is 1.16. The number of benzene rings is 1. The van der Waals surface area contributed by atoms with Crippen LogP contribution in [0.3, 0.4) is 0 Å². The topological polar surface area (TPSA) is 74.8 Å². The molecule has 3 aromatic rings. The van der Waals surface area contributed by atoms with Crippen LogP contribution in [-0.4, -0.2) is 43.8 Å². The second-order valence-corrected chi connectivity index (χ2v) is 7.48. The van der Waals surface area contributed by atoms with Crippen LogP contribution >= 0.6 is 0 Å². The van der Waals surface area contributed by atoms with Gasteiger partial charge in [0.1, 0.15) is 0 Å². The zero-order valence-electron chi connectivity index (χ0n) is 15.1. The van der Waals surface area contributed by atoms with Crippen LogP contribution in [0.5, 0.6) is 0 Å². The van der Waals surface area contributed by atoms with Gasteiger partial charge >= 0.3 is 0 Å². The van der Waals surface area contributed by atoms with Crippen LogP contribution in [0.4, 0.5) is 0 Å². The SMILES string of the molecule is O=C(c1ncc[nH]1)N1CCCC2(CCc3cnc(-c4ccccc4)nc32)C1. The summed E-state index contributed by atoms with van der Waals surface area (Å²) in [5.41, 5.74) is 3.32. The molecule has 1 atom stereocenters. The number of hydrogen-bond donors (Lipinski definition) is 1. The molecule has 1 saturated heterocycles. The van der Waals surface area contributed by atoms with Gasteiger partial charge in [0.05, 0.1) is 5.69 Å². The van der Waals surface area contributed by atoms with Crippen molar-refractivity contribution in [3.8, 4) is 11.4 Å². The van der Waals surface area contributed by atoms with Crippen LogP contribution < -0.4 is 0 Å². The molecule has 0 saturated carbocycles. The standard InChI is InChI=1S/C21H21N5O/c27-20(19-22-10-11-23-19)26-12-4-8-21(14-26)9-7-16-13-24-18(25-17(16)21)15-5-2-1-3-6-15/h1-3,5-6,10-11,13H,4,7-9,12,14H2,(H,22,23). The summed E-state index contributed by atoms with van der Waals surface area (Å²) >= 11 is 0. The number of carbonyl (C=O) groups is 1. The monoisotopic (exact) mass is 359 g/mol. The Morgan fingerprint density at radius 1 is 1.15 bits per heavy atom. The van der Waals surface area contributed by atoms with Crippen molar-refractivity contribution in [3.63, 3.8) is 0 Å². The molecule has 1 aromatic carbocycles. The number of fused-ring (bicyclic) bond motifs is 2. The van der Waals surface area contributed by atoms with E-state index in [2.05, 4.69) is 15.0 Å². The second-order valence-electron chi connectivity index (χ2n) is 7.48. The molecule has 2 aromatic heterocycles. The first-order valence-corrected chi connectivity index (χ1v) is 9.46. The first-order valence-electron chi connectivity index (χ1n) is 9.46. The number of hydrogen-bond acceptors (Lipinski definition) is 4. The molecule has 1 fully saturated rings. The van der Waals surface area contributed by atoms with E-state index in [-0.39, 0.29) is 11.3 Å². The van der Waals surface area contributed by atoms with E-state index in [9.17, 15) is 4.79 Å². The van der Waals surface area contributed by atoms with Crippen molar-refractivity contribution in [2.45, 2.75) is 31.1 Å². The van der Waals surface area contributed by atoms with E-state index >= 15 is 0 Å². The molecule has 0 bridgehead atoms. The highest BCUT2D eigenvalue weighted by molar-refractivity contribution is 5.90. The van der Waals surface area contributed by atoms with Crippen molar-refractivity contribution >= 4 is 5.91 Å². The molecule has 136 valence electrons. The Morgan fingerprint density at radius 3 is 2.85 bits per heavy atom. The Bertz CT molecular complexity index is 966. The third-order valence-electron chi connectivity index (χ3n) is 5.84. The van der Waals surface area contributed by atoms with Crippen molar-refractivity contribution in [3.05, 3.63) is 66.0 Å². The number of likely N-dealkylation sites (tertiary alicyclic amines) is 1. The minimum atomic E-state index is -0.0672. The zero-order valence-corrected chi connectivity index (χ0v) is 15.1. The third-order valence-corrected chi connectivity index (χ3v) is 5.84. The second kappa shape index (κ2) is 6.30. The Hall–Kier alpha value is -3.02. The number of carbonyl (C=O) groups excluding carboxylic acids is 1. The van der Waals surface area contributed by atoms with Gasteiger partial charge < -0.3 is 9.88 Å². The quantitative estimate of drug-likeness (QED) is 0.763. The van der Waals surface area contributed by atoms with Crippen LogP contribution in [0.1, 0.15) is 41.1 Å². The highest BCUT2D eigenvalue weighted by atomic mass is 16.2. The number of aryl methyl sites for hydroxylation is 1. The van der Waals surface area contributed by atoms with E-state index in [4.69, 9.17) is 4.98 Å². The third kappa shape index (κ3) is 2.72. The summed E-state index contributed by atoms with van der Waals surface area (Å²) < 4.78 is 0. The van der Waals surface area contributed by atoms with Crippen molar-refractivity contribution in [1.82, 2.24) is 24.8 Å². The number of nitrogens with zero attached hydrogens (tertiary/aromatic N) is 4. The zero-order chi connectivity index (χ0) is 18.3. The van der Waals surface area contributed by atoms with Gasteiger partial charge in [-0.1, -0.05) is 30.3 Å². The van der Waals surface area contributed by atoms with Gasteiger partial charge in [-0.05, 0) is 31.2 Å². The van der Waals surface area contributed by atoms with Crippen molar-refractivity contribution in [1.29, 1.82) is 0 Å².